The fraction of sp³-hybridized carbons (Fsp3) is 0.188. The van der Waals surface area contributed by atoms with Crippen molar-refractivity contribution in [1.29, 1.82) is 0 Å². The van der Waals surface area contributed by atoms with Crippen molar-refractivity contribution < 1.29 is 9.50 Å². The molecule has 0 spiro atoms. The second-order valence-electron chi connectivity index (χ2n) is 4.94. The molecule has 0 aliphatic carbocycles. The number of nitrogens with zero attached hydrogens (tertiary/aromatic N) is 2. The van der Waals surface area contributed by atoms with E-state index in [-0.39, 0.29) is 17.6 Å². The van der Waals surface area contributed by atoms with Crippen molar-refractivity contribution in [2.75, 3.05) is 7.05 Å². The maximum absolute atomic E-state index is 13.3. The van der Waals surface area contributed by atoms with Gasteiger partial charge in [-0.1, -0.05) is 12.1 Å². The van der Waals surface area contributed by atoms with Gasteiger partial charge < -0.3 is 5.11 Å². The van der Waals surface area contributed by atoms with Crippen molar-refractivity contribution in [3.63, 3.8) is 0 Å². The van der Waals surface area contributed by atoms with Gasteiger partial charge >= 0.3 is 0 Å². The van der Waals surface area contributed by atoms with Crippen molar-refractivity contribution in [2.24, 2.45) is 5.10 Å². The van der Waals surface area contributed by atoms with Gasteiger partial charge in [-0.25, -0.2) is 4.39 Å². The molecule has 0 radical (unpaired) electrons. The molecule has 2 aromatic carbocycles. The Balaban J connectivity index is 1.85. The van der Waals surface area contributed by atoms with Crippen LogP contribution in [0.15, 0.2) is 53.6 Å². The number of phenolic OH excluding ortho intramolecular Hbond substituents is 1. The van der Waals surface area contributed by atoms with E-state index in [1.807, 2.05) is 30.3 Å². The predicted molar refractivity (Wildman–Crippen MR) is 76.2 cm³/mol. The zero-order chi connectivity index (χ0) is 14.1. The van der Waals surface area contributed by atoms with Crippen LogP contribution < -0.4 is 0 Å². The highest BCUT2D eigenvalue weighted by atomic mass is 19.1. The van der Waals surface area contributed by atoms with Gasteiger partial charge in [0.2, 0.25) is 0 Å². The lowest BCUT2D eigenvalue weighted by atomic mass is 9.98. The first-order chi connectivity index (χ1) is 9.63. The molecule has 1 unspecified atom stereocenters. The van der Waals surface area contributed by atoms with Gasteiger partial charge in [0, 0.05) is 13.5 Å². The Morgan fingerprint density at radius 1 is 1.20 bits per heavy atom. The highest BCUT2D eigenvalue weighted by Crippen LogP contribution is 2.31. The molecule has 1 aliphatic rings. The first-order valence-electron chi connectivity index (χ1n) is 6.48. The van der Waals surface area contributed by atoms with Gasteiger partial charge in [0.05, 0.1) is 11.8 Å². The third kappa shape index (κ3) is 2.37. The van der Waals surface area contributed by atoms with Crippen molar-refractivity contribution in [3.05, 3.63) is 65.5 Å². The smallest absolute Gasteiger partial charge is 0.123 e. The summed E-state index contributed by atoms with van der Waals surface area (Å²) in [6.07, 6.45) is 0.727. The SMILES string of the molecule is CN1N=C(c2ccc(O)cc2)CC1c1cccc(F)c1. The van der Waals surface area contributed by atoms with E-state index in [1.54, 1.807) is 24.3 Å². The largest absolute Gasteiger partial charge is 0.508 e. The summed E-state index contributed by atoms with van der Waals surface area (Å²) in [5.74, 6) is 0.0105. The minimum atomic E-state index is -0.228. The molecular formula is C16H15FN2O. The van der Waals surface area contributed by atoms with Gasteiger partial charge in [-0.15, -0.1) is 0 Å². The quantitative estimate of drug-likeness (QED) is 0.908. The summed E-state index contributed by atoms with van der Waals surface area (Å²) >= 11 is 0. The molecule has 4 heteroatoms. The second kappa shape index (κ2) is 4.96. The molecule has 0 fully saturated rings. The molecule has 0 aromatic heterocycles. The van der Waals surface area contributed by atoms with Gasteiger partial charge in [0.25, 0.3) is 0 Å². The number of aromatic hydroxyl groups is 1. The second-order valence-corrected chi connectivity index (χ2v) is 4.94. The lowest BCUT2D eigenvalue weighted by Gasteiger charge is -2.18. The third-order valence-electron chi connectivity index (χ3n) is 3.55. The number of hydrogen-bond donors (Lipinski definition) is 1. The Labute approximate surface area is 117 Å². The summed E-state index contributed by atoms with van der Waals surface area (Å²) in [6.45, 7) is 0. The van der Waals surface area contributed by atoms with Crippen molar-refractivity contribution in [3.8, 4) is 5.75 Å². The van der Waals surface area contributed by atoms with Crippen LogP contribution in [0.2, 0.25) is 0 Å². The minimum absolute atomic E-state index is 0.0505. The lowest BCUT2D eigenvalue weighted by molar-refractivity contribution is 0.289. The minimum Gasteiger partial charge on any atom is -0.508 e. The summed E-state index contributed by atoms with van der Waals surface area (Å²) < 4.78 is 13.3. The average Bonchev–Trinajstić information content (AvgIpc) is 2.82. The molecule has 0 saturated heterocycles. The van der Waals surface area contributed by atoms with E-state index >= 15 is 0 Å². The van der Waals surface area contributed by atoms with E-state index in [0.29, 0.717) is 0 Å². The number of halogens is 1. The van der Waals surface area contributed by atoms with Crippen LogP contribution in [0.4, 0.5) is 4.39 Å². The summed E-state index contributed by atoms with van der Waals surface area (Å²) in [6, 6.07) is 13.7. The lowest BCUT2D eigenvalue weighted by Crippen LogP contribution is -2.14. The van der Waals surface area contributed by atoms with Crippen molar-refractivity contribution in [2.45, 2.75) is 12.5 Å². The molecule has 0 amide bonds. The van der Waals surface area contributed by atoms with Crippen LogP contribution in [-0.4, -0.2) is 22.9 Å². The Morgan fingerprint density at radius 2 is 1.95 bits per heavy atom. The zero-order valence-electron chi connectivity index (χ0n) is 11.1. The predicted octanol–water partition coefficient (Wildman–Crippen LogP) is 3.31. The van der Waals surface area contributed by atoms with Gasteiger partial charge in [-0.05, 0) is 47.5 Å². The number of phenols is 1. The Hall–Kier alpha value is -2.36. The normalized spacial score (nSPS) is 18.2. The standard InChI is InChI=1S/C16H15FN2O/c1-19-16(12-3-2-4-13(17)9-12)10-15(18-19)11-5-7-14(20)8-6-11/h2-9,16,20H,10H2,1H3. The first kappa shape index (κ1) is 12.7. The number of hydrazone groups is 1. The molecule has 3 nitrogen and oxygen atoms in total. The van der Waals surface area contributed by atoms with Crippen molar-refractivity contribution in [1.82, 2.24) is 5.01 Å². The molecular weight excluding hydrogens is 255 g/mol. The average molecular weight is 270 g/mol. The van der Waals surface area contributed by atoms with E-state index < -0.39 is 0 Å². The van der Waals surface area contributed by atoms with Crippen LogP contribution in [0, 0.1) is 5.82 Å². The van der Waals surface area contributed by atoms with Gasteiger partial charge in [-0.3, -0.25) is 5.01 Å². The monoisotopic (exact) mass is 270 g/mol. The van der Waals surface area contributed by atoms with E-state index in [9.17, 15) is 9.50 Å². The first-order valence-corrected chi connectivity index (χ1v) is 6.48. The van der Waals surface area contributed by atoms with Crippen LogP contribution >= 0.6 is 0 Å². The topological polar surface area (TPSA) is 35.8 Å². The Bertz CT molecular complexity index is 652. The van der Waals surface area contributed by atoms with Gasteiger partial charge in [0.1, 0.15) is 11.6 Å². The molecule has 102 valence electrons. The maximum atomic E-state index is 13.3. The van der Waals surface area contributed by atoms with Crippen LogP contribution in [0.25, 0.3) is 0 Å². The molecule has 1 atom stereocenters. The number of rotatable bonds is 2. The number of hydrogen-bond acceptors (Lipinski definition) is 3. The maximum Gasteiger partial charge on any atom is 0.123 e. The summed E-state index contributed by atoms with van der Waals surface area (Å²) in [4.78, 5) is 0. The van der Waals surface area contributed by atoms with Crippen LogP contribution in [0.5, 0.6) is 5.75 Å². The third-order valence-corrected chi connectivity index (χ3v) is 3.55. The summed E-state index contributed by atoms with van der Waals surface area (Å²) in [5, 5.41) is 15.7. The molecule has 0 saturated carbocycles. The molecule has 1 aliphatic heterocycles. The highest BCUT2D eigenvalue weighted by molar-refractivity contribution is 6.01. The van der Waals surface area contributed by atoms with E-state index in [4.69, 9.17) is 0 Å². The molecule has 1 N–H and O–H groups in total. The fourth-order valence-corrected chi connectivity index (χ4v) is 2.49. The molecule has 2 aromatic rings. The highest BCUT2D eigenvalue weighted by Gasteiger charge is 2.26. The van der Waals surface area contributed by atoms with Crippen molar-refractivity contribution >= 4 is 5.71 Å². The Morgan fingerprint density at radius 3 is 2.65 bits per heavy atom. The molecule has 1 heterocycles. The van der Waals surface area contributed by atoms with Crippen LogP contribution in [0.1, 0.15) is 23.6 Å². The number of benzene rings is 2. The summed E-state index contributed by atoms with van der Waals surface area (Å²) in [7, 11) is 1.89. The van der Waals surface area contributed by atoms with Gasteiger partial charge in [0.15, 0.2) is 0 Å². The molecule has 20 heavy (non-hydrogen) atoms. The molecule has 0 bridgehead atoms. The van der Waals surface area contributed by atoms with E-state index in [1.165, 1.54) is 6.07 Å². The van der Waals surface area contributed by atoms with Crippen LogP contribution in [-0.2, 0) is 0 Å². The van der Waals surface area contributed by atoms with Crippen LogP contribution in [0.3, 0.4) is 0 Å². The van der Waals surface area contributed by atoms with E-state index in [2.05, 4.69) is 5.10 Å². The zero-order valence-corrected chi connectivity index (χ0v) is 11.1. The fourth-order valence-electron chi connectivity index (χ4n) is 2.49. The Kier molecular flexibility index (Phi) is 3.14. The summed E-state index contributed by atoms with van der Waals surface area (Å²) in [5.41, 5.74) is 2.85. The van der Waals surface area contributed by atoms with E-state index in [0.717, 1.165) is 23.3 Å². The molecule has 3 rings (SSSR count). The van der Waals surface area contributed by atoms with Gasteiger partial charge in [-0.2, -0.15) is 5.10 Å².